The Kier molecular flexibility index (Phi) is 3.48. The molecular formula is C16H18N4O. The molecule has 0 aliphatic carbocycles. The second kappa shape index (κ2) is 5.44. The van der Waals surface area contributed by atoms with Crippen molar-refractivity contribution in [2.45, 2.75) is 26.3 Å². The Bertz CT molecular complexity index is 697. The molecule has 1 aromatic heterocycles. The van der Waals surface area contributed by atoms with Gasteiger partial charge in [0, 0.05) is 11.9 Å². The number of nitrogen functional groups attached to an aromatic ring is 1. The third-order valence-electron chi connectivity index (χ3n) is 3.71. The van der Waals surface area contributed by atoms with Gasteiger partial charge in [-0.15, -0.1) is 0 Å². The molecule has 3 rings (SSSR count). The highest BCUT2D eigenvalue weighted by Gasteiger charge is 2.19. The fourth-order valence-electron chi connectivity index (χ4n) is 2.58. The molecule has 2 aromatic rings. The number of carbonyl (C=O) groups is 1. The van der Waals surface area contributed by atoms with Gasteiger partial charge in [-0.05, 0) is 35.7 Å². The predicted molar refractivity (Wildman–Crippen MR) is 84.1 cm³/mol. The Morgan fingerprint density at radius 1 is 1.43 bits per heavy atom. The van der Waals surface area contributed by atoms with Crippen LogP contribution in [0.3, 0.4) is 0 Å². The van der Waals surface area contributed by atoms with Crippen molar-refractivity contribution in [2.24, 2.45) is 0 Å². The molecule has 5 heteroatoms. The zero-order valence-electron chi connectivity index (χ0n) is 11.9. The van der Waals surface area contributed by atoms with Gasteiger partial charge in [0.2, 0.25) is 5.91 Å². The molecule has 0 saturated heterocycles. The van der Waals surface area contributed by atoms with E-state index in [9.17, 15) is 4.79 Å². The molecule has 21 heavy (non-hydrogen) atoms. The van der Waals surface area contributed by atoms with E-state index in [1.165, 1.54) is 5.56 Å². The number of nitrogens with one attached hydrogen (secondary N) is 2. The quantitative estimate of drug-likeness (QED) is 0.752. The van der Waals surface area contributed by atoms with Crippen LogP contribution in [0, 0.1) is 0 Å². The number of anilines is 3. The largest absolute Gasteiger partial charge is 0.397 e. The van der Waals surface area contributed by atoms with Crippen molar-refractivity contribution in [3.8, 4) is 0 Å². The zero-order chi connectivity index (χ0) is 14.8. The highest BCUT2D eigenvalue weighted by Crippen LogP contribution is 2.31. The number of pyridine rings is 1. The van der Waals surface area contributed by atoms with E-state index in [2.05, 4.69) is 28.6 Å². The molecule has 1 aliphatic heterocycles. The maximum atomic E-state index is 11.4. The number of aromatic nitrogens is 1. The average molecular weight is 282 g/mol. The van der Waals surface area contributed by atoms with Crippen molar-refractivity contribution in [3.05, 3.63) is 47.3 Å². The summed E-state index contributed by atoms with van der Waals surface area (Å²) in [4.78, 5) is 15.8. The van der Waals surface area contributed by atoms with E-state index in [1.807, 2.05) is 18.2 Å². The molecule has 1 aromatic carbocycles. The summed E-state index contributed by atoms with van der Waals surface area (Å²) < 4.78 is 0. The van der Waals surface area contributed by atoms with Crippen LogP contribution in [0.5, 0.6) is 0 Å². The normalized spacial score (nSPS) is 12.9. The molecule has 0 saturated carbocycles. The van der Waals surface area contributed by atoms with Crippen molar-refractivity contribution < 1.29 is 4.79 Å². The van der Waals surface area contributed by atoms with Gasteiger partial charge in [0.05, 0.1) is 30.0 Å². The smallest absolute Gasteiger partial charge is 0.228 e. The molecule has 0 fully saturated rings. The van der Waals surface area contributed by atoms with Gasteiger partial charge in [-0.3, -0.25) is 9.78 Å². The fraction of sp³-hybridized carbons (Fsp3) is 0.250. The van der Waals surface area contributed by atoms with Gasteiger partial charge in [0.1, 0.15) is 0 Å². The summed E-state index contributed by atoms with van der Waals surface area (Å²) in [5.74, 6) is 0.0135. The van der Waals surface area contributed by atoms with E-state index >= 15 is 0 Å². The third kappa shape index (κ3) is 2.67. The summed E-state index contributed by atoms with van der Waals surface area (Å²) in [6, 6.07) is 7.77. The van der Waals surface area contributed by atoms with Crippen LogP contribution in [-0.2, 0) is 24.2 Å². The van der Waals surface area contributed by atoms with Gasteiger partial charge in [-0.2, -0.15) is 0 Å². The highest BCUT2D eigenvalue weighted by atomic mass is 16.1. The summed E-state index contributed by atoms with van der Waals surface area (Å²) >= 11 is 0. The summed E-state index contributed by atoms with van der Waals surface area (Å²) in [5.41, 5.74) is 11.6. The van der Waals surface area contributed by atoms with Crippen LogP contribution in [-0.4, -0.2) is 10.9 Å². The van der Waals surface area contributed by atoms with Gasteiger partial charge in [-0.25, -0.2) is 0 Å². The summed E-state index contributed by atoms with van der Waals surface area (Å²) in [6.07, 6.45) is 3.14. The molecule has 0 atom stereocenters. The number of nitrogens with zero attached hydrogens (tertiary/aromatic N) is 1. The Hall–Kier alpha value is -2.56. The van der Waals surface area contributed by atoms with Gasteiger partial charge < -0.3 is 16.4 Å². The van der Waals surface area contributed by atoms with Crippen LogP contribution in [0.25, 0.3) is 0 Å². The van der Waals surface area contributed by atoms with Gasteiger partial charge in [-0.1, -0.05) is 13.0 Å². The molecule has 1 aliphatic rings. The first kappa shape index (κ1) is 13.4. The molecule has 2 heterocycles. The molecule has 0 bridgehead atoms. The first-order chi connectivity index (χ1) is 10.2. The van der Waals surface area contributed by atoms with Gasteiger partial charge in [0.25, 0.3) is 0 Å². The summed E-state index contributed by atoms with van der Waals surface area (Å²) in [5, 5.41) is 6.15. The van der Waals surface area contributed by atoms with Crippen LogP contribution >= 0.6 is 0 Å². The van der Waals surface area contributed by atoms with Crippen LogP contribution < -0.4 is 16.4 Å². The summed E-state index contributed by atoms with van der Waals surface area (Å²) in [6.45, 7) is 2.72. The molecule has 1 amide bonds. The predicted octanol–water partition coefficient (Wildman–Crippen LogP) is 2.33. The lowest BCUT2D eigenvalue weighted by Gasteiger charge is -2.13. The Labute approximate surface area is 123 Å². The third-order valence-corrected chi connectivity index (χ3v) is 3.71. The van der Waals surface area contributed by atoms with E-state index in [0.29, 0.717) is 18.7 Å². The number of fused-ring (bicyclic) bond motifs is 1. The van der Waals surface area contributed by atoms with Crippen LogP contribution in [0.2, 0.25) is 0 Å². The van der Waals surface area contributed by atoms with Gasteiger partial charge >= 0.3 is 0 Å². The van der Waals surface area contributed by atoms with Crippen molar-refractivity contribution in [1.29, 1.82) is 0 Å². The number of benzene rings is 1. The number of rotatable bonds is 4. The van der Waals surface area contributed by atoms with E-state index < -0.39 is 0 Å². The topological polar surface area (TPSA) is 80.0 Å². The van der Waals surface area contributed by atoms with Crippen LogP contribution in [0.4, 0.5) is 17.1 Å². The number of hydrogen-bond donors (Lipinski definition) is 3. The molecule has 0 radical (unpaired) electrons. The number of carbonyl (C=O) groups excluding carboxylic acids is 1. The van der Waals surface area contributed by atoms with Crippen molar-refractivity contribution in [3.63, 3.8) is 0 Å². The number of hydrogen-bond acceptors (Lipinski definition) is 4. The number of aryl methyl sites for hydroxylation is 1. The molecule has 5 nitrogen and oxygen atoms in total. The van der Waals surface area contributed by atoms with E-state index in [-0.39, 0.29) is 5.91 Å². The maximum Gasteiger partial charge on any atom is 0.228 e. The zero-order valence-corrected chi connectivity index (χ0v) is 11.9. The number of amides is 1. The molecule has 4 N–H and O–H groups in total. The lowest BCUT2D eigenvalue weighted by molar-refractivity contribution is -0.115. The first-order valence-electron chi connectivity index (χ1n) is 7.06. The van der Waals surface area contributed by atoms with E-state index in [0.717, 1.165) is 29.1 Å². The van der Waals surface area contributed by atoms with Crippen molar-refractivity contribution >= 4 is 23.0 Å². The minimum atomic E-state index is 0.0135. The monoisotopic (exact) mass is 282 g/mol. The standard InChI is InChI=1S/C16H18N4O/c1-2-10-4-3-5-18-15(10)9-19-14-8-13-11(6-12(14)17)7-16(21)20-13/h3-6,8,19H,2,7,9,17H2,1H3,(H,20,21). The molecule has 0 spiro atoms. The lowest BCUT2D eigenvalue weighted by atomic mass is 10.1. The second-order valence-electron chi connectivity index (χ2n) is 5.14. The molecular weight excluding hydrogens is 264 g/mol. The Morgan fingerprint density at radius 2 is 2.29 bits per heavy atom. The minimum absolute atomic E-state index is 0.0135. The Balaban J connectivity index is 1.80. The fourth-order valence-corrected chi connectivity index (χ4v) is 2.58. The Morgan fingerprint density at radius 3 is 3.10 bits per heavy atom. The van der Waals surface area contributed by atoms with Crippen molar-refractivity contribution in [2.75, 3.05) is 16.4 Å². The minimum Gasteiger partial charge on any atom is -0.397 e. The van der Waals surface area contributed by atoms with Crippen LogP contribution in [0.15, 0.2) is 30.5 Å². The van der Waals surface area contributed by atoms with E-state index in [1.54, 1.807) is 6.20 Å². The molecule has 108 valence electrons. The van der Waals surface area contributed by atoms with Gasteiger partial charge in [0.15, 0.2) is 0 Å². The second-order valence-corrected chi connectivity index (χ2v) is 5.14. The first-order valence-corrected chi connectivity index (χ1v) is 7.06. The lowest BCUT2D eigenvalue weighted by Crippen LogP contribution is -2.07. The van der Waals surface area contributed by atoms with E-state index in [4.69, 9.17) is 5.73 Å². The SMILES string of the molecule is CCc1cccnc1CNc1cc2c(cc1N)CC(=O)N2. The summed E-state index contributed by atoms with van der Waals surface area (Å²) in [7, 11) is 0. The van der Waals surface area contributed by atoms with Crippen LogP contribution in [0.1, 0.15) is 23.7 Å². The maximum absolute atomic E-state index is 11.4. The molecule has 0 unspecified atom stereocenters. The van der Waals surface area contributed by atoms with Crippen molar-refractivity contribution in [1.82, 2.24) is 4.98 Å². The number of nitrogens with two attached hydrogens (primary N) is 1. The average Bonchev–Trinajstić information content (AvgIpc) is 2.84. The highest BCUT2D eigenvalue weighted by molar-refractivity contribution is 6.00.